The molecule has 3 rings (SSSR count). The van der Waals surface area contributed by atoms with E-state index in [1.807, 2.05) is 4.90 Å². The summed E-state index contributed by atoms with van der Waals surface area (Å²) in [6, 6.07) is 0.394. The van der Waals surface area contributed by atoms with Crippen molar-refractivity contribution in [2.24, 2.45) is 0 Å². The number of likely N-dealkylation sites (tertiary alicyclic amines) is 1. The number of fused-ring (bicyclic) bond motifs is 1. The van der Waals surface area contributed by atoms with Crippen LogP contribution in [-0.4, -0.2) is 76.1 Å². The number of rotatable bonds is 1. The number of aliphatic carboxylic acids is 1. The Bertz CT molecular complexity index is 428. The lowest BCUT2D eigenvalue weighted by Crippen LogP contribution is -2.59. The third kappa shape index (κ3) is 2.06. The highest BCUT2D eigenvalue weighted by atomic mass is 16.4. The van der Waals surface area contributed by atoms with Gasteiger partial charge < -0.3 is 14.9 Å². The van der Waals surface area contributed by atoms with Crippen LogP contribution in [0.15, 0.2) is 0 Å². The topological polar surface area (TPSA) is 64.1 Å². The number of carbonyl (C=O) groups excluding carboxylic acids is 1. The maximum absolute atomic E-state index is 12.7. The minimum atomic E-state index is -1.02. The van der Waals surface area contributed by atoms with Gasteiger partial charge in [0, 0.05) is 32.2 Å². The highest BCUT2D eigenvalue weighted by molar-refractivity contribution is 5.86. The molecule has 0 radical (unpaired) electrons. The van der Waals surface area contributed by atoms with Gasteiger partial charge in [0.15, 0.2) is 0 Å². The van der Waals surface area contributed by atoms with Crippen molar-refractivity contribution >= 4 is 12.0 Å². The fraction of sp³-hybridized carbons (Fsp3) is 0.857. The average Bonchev–Trinajstić information content (AvgIpc) is 3.03. The Hall–Kier alpha value is -1.30. The summed E-state index contributed by atoms with van der Waals surface area (Å²) in [4.78, 5) is 30.0. The summed E-state index contributed by atoms with van der Waals surface area (Å²) in [7, 11) is 0. The molecule has 3 fully saturated rings. The number of hydrogen-bond acceptors (Lipinski definition) is 3. The molecule has 0 aromatic rings. The zero-order valence-corrected chi connectivity index (χ0v) is 12.0. The number of amides is 2. The van der Waals surface area contributed by atoms with E-state index >= 15 is 0 Å². The van der Waals surface area contributed by atoms with Gasteiger partial charge in [0.2, 0.25) is 0 Å². The van der Waals surface area contributed by atoms with E-state index in [-0.39, 0.29) is 6.03 Å². The van der Waals surface area contributed by atoms with Crippen LogP contribution in [0.2, 0.25) is 0 Å². The molecule has 3 aliphatic rings. The maximum atomic E-state index is 12.7. The van der Waals surface area contributed by atoms with Gasteiger partial charge in [-0.1, -0.05) is 0 Å². The van der Waals surface area contributed by atoms with Crippen molar-refractivity contribution in [3.05, 3.63) is 0 Å². The number of carboxylic acid groups (broad SMARTS) is 1. The highest BCUT2D eigenvalue weighted by Gasteiger charge is 2.48. The van der Waals surface area contributed by atoms with Crippen LogP contribution in [0.25, 0.3) is 0 Å². The number of piperazine rings is 1. The summed E-state index contributed by atoms with van der Waals surface area (Å²) < 4.78 is 0. The van der Waals surface area contributed by atoms with Gasteiger partial charge in [0.25, 0.3) is 0 Å². The second-order valence-corrected chi connectivity index (χ2v) is 6.39. The lowest BCUT2D eigenvalue weighted by atomic mass is 9.99. The molecule has 0 saturated carbocycles. The molecule has 0 bridgehead atoms. The fourth-order valence-corrected chi connectivity index (χ4v) is 3.83. The van der Waals surface area contributed by atoms with Gasteiger partial charge in [-0.25, -0.2) is 9.59 Å². The summed E-state index contributed by atoms with van der Waals surface area (Å²) in [6.07, 6.45) is 3.69. The average molecular weight is 281 g/mol. The van der Waals surface area contributed by atoms with Crippen LogP contribution < -0.4 is 0 Å². The molecule has 2 unspecified atom stereocenters. The normalized spacial score (nSPS) is 34.4. The number of hydrogen-bond donors (Lipinski definition) is 1. The molecule has 0 aliphatic carbocycles. The van der Waals surface area contributed by atoms with Crippen LogP contribution in [0.1, 0.15) is 32.6 Å². The molecule has 20 heavy (non-hydrogen) atoms. The Morgan fingerprint density at radius 1 is 1.15 bits per heavy atom. The van der Waals surface area contributed by atoms with Gasteiger partial charge in [0.1, 0.15) is 5.54 Å². The third-order valence-electron chi connectivity index (χ3n) is 5.19. The number of carbonyl (C=O) groups is 2. The van der Waals surface area contributed by atoms with E-state index in [1.165, 1.54) is 6.42 Å². The first-order valence-corrected chi connectivity index (χ1v) is 7.56. The molecule has 1 N–H and O–H groups in total. The predicted molar refractivity (Wildman–Crippen MR) is 73.5 cm³/mol. The summed E-state index contributed by atoms with van der Waals surface area (Å²) in [6.45, 7) is 5.78. The van der Waals surface area contributed by atoms with Crippen LogP contribution in [0.4, 0.5) is 4.79 Å². The van der Waals surface area contributed by atoms with E-state index in [9.17, 15) is 14.7 Å². The van der Waals surface area contributed by atoms with Crippen molar-refractivity contribution in [2.45, 2.75) is 44.2 Å². The molecular formula is C14H23N3O3. The van der Waals surface area contributed by atoms with Crippen LogP contribution in [0, 0.1) is 0 Å². The van der Waals surface area contributed by atoms with Crippen molar-refractivity contribution < 1.29 is 14.7 Å². The zero-order valence-electron chi connectivity index (χ0n) is 12.0. The van der Waals surface area contributed by atoms with E-state index in [0.717, 1.165) is 39.0 Å². The van der Waals surface area contributed by atoms with Crippen molar-refractivity contribution in [1.82, 2.24) is 14.7 Å². The SMILES string of the molecule is CC1(C(=O)O)CCCN1C(=O)N1CCN2CCCC2C1. The first-order valence-electron chi connectivity index (χ1n) is 7.56. The van der Waals surface area contributed by atoms with E-state index < -0.39 is 11.5 Å². The van der Waals surface area contributed by atoms with E-state index in [1.54, 1.807) is 11.8 Å². The van der Waals surface area contributed by atoms with Crippen molar-refractivity contribution in [1.29, 1.82) is 0 Å². The molecule has 0 aromatic carbocycles. The Morgan fingerprint density at radius 3 is 2.70 bits per heavy atom. The third-order valence-corrected chi connectivity index (χ3v) is 5.19. The first kappa shape index (κ1) is 13.7. The maximum Gasteiger partial charge on any atom is 0.329 e. The molecule has 6 nitrogen and oxygen atoms in total. The van der Waals surface area contributed by atoms with Gasteiger partial charge in [-0.2, -0.15) is 0 Å². The number of nitrogens with zero attached hydrogens (tertiary/aromatic N) is 3. The van der Waals surface area contributed by atoms with Gasteiger partial charge in [-0.05, 0) is 39.2 Å². The molecule has 3 heterocycles. The molecule has 0 spiro atoms. The molecular weight excluding hydrogens is 258 g/mol. The molecule has 3 saturated heterocycles. The lowest BCUT2D eigenvalue weighted by molar-refractivity contribution is -0.147. The van der Waals surface area contributed by atoms with Crippen LogP contribution >= 0.6 is 0 Å². The Balaban J connectivity index is 1.71. The van der Waals surface area contributed by atoms with Crippen molar-refractivity contribution in [3.8, 4) is 0 Å². The van der Waals surface area contributed by atoms with Gasteiger partial charge >= 0.3 is 12.0 Å². The van der Waals surface area contributed by atoms with Gasteiger partial charge in [0.05, 0.1) is 0 Å². The van der Waals surface area contributed by atoms with Crippen LogP contribution in [0.5, 0.6) is 0 Å². The standard InChI is InChI=1S/C14H23N3O3/c1-14(12(18)19)5-3-7-17(14)13(20)16-9-8-15-6-2-4-11(15)10-16/h11H,2-10H2,1H3,(H,18,19). The minimum Gasteiger partial charge on any atom is -0.480 e. The summed E-state index contributed by atoms with van der Waals surface area (Å²) in [5.41, 5.74) is -1.02. The second-order valence-electron chi connectivity index (χ2n) is 6.39. The summed E-state index contributed by atoms with van der Waals surface area (Å²) in [5.74, 6) is -0.886. The van der Waals surface area contributed by atoms with E-state index in [0.29, 0.717) is 19.0 Å². The van der Waals surface area contributed by atoms with Crippen molar-refractivity contribution in [2.75, 3.05) is 32.7 Å². The Morgan fingerprint density at radius 2 is 1.95 bits per heavy atom. The predicted octanol–water partition coefficient (Wildman–Crippen LogP) is 0.825. The fourth-order valence-electron chi connectivity index (χ4n) is 3.83. The summed E-state index contributed by atoms with van der Waals surface area (Å²) >= 11 is 0. The number of urea groups is 1. The van der Waals surface area contributed by atoms with Gasteiger partial charge in [-0.3, -0.25) is 4.90 Å². The van der Waals surface area contributed by atoms with Crippen molar-refractivity contribution in [3.63, 3.8) is 0 Å². The number of carboxylic acids is 1. The Kier molecular flexibility index (Phi) is 3.36. The quantitative estimate of drug-likeness (QED) is 0.773. The second kappa shape index (κ2) is 4.91. The minimum absolute atomic E-state index is 0.0843. The molecule has 0 aromatic heterocycles. The molecule has 112 valence electrons. The Labute approximate surface area is 119 Å². The lowest BCUT2D eigenvalue weighted by Gasteiger charge is -2.41. The van der Waals surface area contributed by atoms with Crippen LogP contribution in [-0.2, 0) is 4.79 Å². The molecule has 6 heteroatoms. The summed E-state index contributed by atoms with van der Waals surface area (Å²) in [5, 5.41) is 9.42. The van der Waals surface area contributed by atoms with E-state index in [4.69, 9.17) is 0 Å². The highest BCUT2D eigenvalue weighted by Crippen LogP contribution is 2.31. The first-order chi connectivity index (χ1) is 9.52. The van der Waals surface area contributed by atoms with Crippen LogP contribution in [0.3, 0.4) is 0 Å². The van der Waals surface area contributed by atoms with E-state index in [2.05, 4.69) is 4.90 Å². The molecule has 3 aliphatic heterocycles. The smallest absolute Gasteiger partial charge is 0.329 e. The molecule has 2 amide bonds. The largest absolute Gasteiger partial charge is 0.480 e. The zero-order chi connectivity index (χ0) is 14.3. The van der Waals surface area contributed by atoms with Gasteiger partial charge in [-0.15, -0.1) is 0 Å². The molecule has 2 atom stereocenters. The monoisotopic (exact) mass is 281 g/mol.